The van der Waals surface area contributed by atoms with Crippen LogP contribution in [-0.2, 0) is 7.05 Å². The van der Waals surface area contributed by atoms with Gasteiger partial charge in [-0.05, 0) is 41.1 Å². The Balaban J connectivity index is 1.58. The number of ether oxygens (including phenoxy) is 1. The lowest BCUT2D eigenvalue weighted by atomic mass is 10.3. The third-order valence-corrected chi connectivity index (χ3v) is 3.58. The number of aromatic nitrogens is 4. The van der Waals surface area contributed by atoms with Crippen LogP contribution >= 0.6 is 11.8 Å². The van der Waals surface area contributed by atoms with Crippen molar-refractivity contribution in [3.05, 3.63) is 24.3 Å². The first-order valence-corrected chi connectivity index (χ1v) is 7.17. The highest BCUT2D eigenvalue weighted by molar-refractivity contribution is 7.99. The maximum atomic E-state index is 5.41. The van der Waals surface area contributed by atoms with Crippen molar-refractivity contribution in [1.82, 2.24) is 25.7 Å². The molecule has 0 aliphatic heterocycles. The van der Waals surface area contributed by atoms with Gasteiger partial charge in [-0.2, -0.15) is 5.48 Å². The largest absolute Gasteiger partial charge is 0.497 e. The van der Waals surface area contributed by atoms with Crippen molar-refractivity contribution in [1.29, 1.82) is 0 Å². The van der Waals surface area contributed by atoms with Gasteiger partial charge in [-0.15, -0.1) is 5.10 Å². The van der Waals surface area contributed by atoms with Gasteiger partial charge in [0.15, 0.2) is 0 Å². The Bertz CT molecular complexity index is 517. The zero-order valence-electron chi connectivity index (χ0n) is 11.4. The van der Waals surface area contributed by atoms with E-state index >= 15 is 0 Å². The number of tetrazole rings is 1. The molecule has 0 bridgehead atoms. The molecule has 2 aromatic rings. The summed E-state index contributed by atoms with van der Waals surface area (Å²) in [4.78, 5) is 5.41. The molecule has 0 aliphatic carbocycles. The second-order valence-electron chi connectivity index (χ2n) is 3.96. The van der Waals surface area contributed by atoms with Gasteiger partial charge in [-0.3, -0.25) is 0 Å². The maximum Gasteiger partial charge on any atom is 0.209 e. The van der Waals surface area contributed by atoms with E-state index in [2.05, 4.69) is 21.0 Å². The number of rotatable bonds is 8. The molecule has 0 fully saturated rings. The highest BCUT2D eigenvalue weighted by atomic mass is 32.2. The Hall–Kier alpha value is -1.80. The Morgan fingerprint density at radius 1 is 1.25 bits per heavy atom. The molecule has 0 aliphatic rings. The summed E-state index contributed by atoms with van der Waals surface area (Å²) in [6, 6.07) is 7.42. The van der Waals surface area contributed by atoms with Crippen molar-refractivity contribution >= 4 is 11.8 Å². The fourth-order valence-electron chi connectivity index (χ4n) is 1.43. The standard InChI is InChI=1S/C12H17N5O2S/c1-17-12(14-15-16-17)20-9-3-8-13-19-11-6-4-10(18-2)5-7-11/h4-7,13H,3,8-9H2,1-2H3. The summed E-state index contributed by atoms with van der Waals surface area (Å²) in [5.41, 5.74) is 2.92. The molecule has 1 heterocycles. The lowest BCUT2D eigenvalue weighted by molar-refractivity contribution is 0.196. The third-order valence-electron chi connectivity index (χ3n) is 2.49. The summed E-state index contributed by atoms with van der Waals surface area (Å²) in [6.07, 6.45) is 0.952. The van der Waals surface area contributed by atoms with Gasteiger partial charge in [-0.25, -0.2) is 4.68 Å². The fraction of sp³-hybridized carbons (Fsp3) is 0.417. The van der Waals surface area contributed by atoms with Crippen LogP contribution in [0, 0.1) is 0 Å². The van der Waals surface area contributed by atoms with E-state index in [1.807, 2.05) is 31.3 Å². The van der Waals surface area contributed by atoms with E-state index in [1.54, 1.807) is 23.6 Å². The number of nitrogens with one attached hydrogen (secondary N) is 1. The second-order valence-corrected chi connectivity index (χ2v) is 5.02. The van der Waals surface area contributed by atoms with Gasteiger partial charge in [0, 0.05) is 19.3 Å². The van der Waals surface area contributed by atoms with Crippen LogP contribution in [-0.4, -0.2) is 39.6 Å². The topological polar surface area (TPSA) is 74.1 Å². The quantitative estimate of drug-likeness (QED) is 0.447. The van der Waals surface area contributed by atoms with Crippen LogP contribution in [0.1, 0.15) is 6.42 Å². The van der Waals surface area contributed by atoms with E-state index in [0.717, 1.165) is 35.4 Å². The van der Waals surface area contributed by atoms with Gasteiger partial charge in [0.1, 0.15) is 11.5 Å². The number of aryl methyl sites for hydroxylation is 1. The molecular weight excluding hydrogens is 278 g/mol. The van der Waals surface area contributed by atoms with Crippen LogP contribution in [0.15, 0.2) is 29.4 Å². The van der Waals surface area contributed by atoms with Crippen molar-refractivity contribution in [3.8, 4) is 11.5 Å². The Kier molecular flexibility index (Phi) is 5.63. The van der Waals surface area contributed by atoms with Gasteiger partial charge in [0.2, 0.25) is 5.16 Å². The van der Waals surface area contributed by atoms with Crippen LogP contribution in [0.25, 0.3) is 0 Å². The van der Waals surface area contributed by atoms with Crippen molar-refractivity contribution in [2.45, 2.75) is 11.6 Å². The molecule has 0 unspecified atom stereocenters. The summed E-state index contributed by atoms with van der Waals surface area (Å²) in [5.74, 6) is 2.50. The molecular formula is C12H17N5O2S. The zero-order chi connectivity index (χ0) is 14.2. The number of benzene rings is 1. The van der Waals surface area contributed by atoms with Gasteiger partial charge in [-0.1, -0.05) is 11.8 Å². The predicted octanol–water partition coefficient (Wildman–Crippen LogP) is 1.28. The van der Waals surface area contributed by atoms with Crippen LogP contribution in [0.4, 0.5) is 0 Å². The monoisotopic (exact) mass is 295 g/mol. The van der Waals surface area contributed by atoms with Crippen molar-refractivity contribution in [2.24, 2.45) is 7.05 Å². The molecule has 20 heavy (non-hydrogen) atoms. The minimum Gasteiger partial charge on any atom is -0.497 e. The van der Waals surface area contributed by atoms with E-state index in [-0.39, 0.29) is 0 Å². The van der Waals surface area contributed by atoms with Crippen LogP contribution in [0.2, 0.25) is 0 Å². The molecule has 7 nitrogen and oxygen atoms in total. The highest BCUT2D eigenvalue weighted by Gasteiger charge is 2.01. The molecule has 0 amide bonds. The number of hydroxylamine groups is 1. The minimum atomic E-state index is 0.754. The normalized spacial score (nSPS) is 10.5. The van der Waals surface area contributed by atoms with Crippen molar-refractivity contribution < 1.29 is 9.57 Å². The SMILES string of the molecule is COc1ccc(ONCCCSc2nnnn2C)cc1. The molecule has 1 N–H and O–H groups in total. The Morgan fingerprint density at radius 3 is 2.65 bits per heavy atom. The van der Waals surface area contributed by atoms with Crippen LogP contribution in [0.3, 0.4) is 0 Å². The summed E-state index contributed by atoms with van der Waals surface area (Å²) in [5, 5.41) is 12.1. The zero-order valence-corrected chi connectivity index (χ0v) is 12.3. The molecule has 1 aromatic carbocycles. The molecule has 0 saturated carbocycles. The Labute approximate surface area is 121 Å². The molecule has 0 radical (unpaired) electrons. The average Bonchev–Trinajstić information content (AvgIpc) is 2.89. The molecule has 8 heteroatoms. The maximum absolute atomic E-state index is 5.41. The first-order valence-electron chi connectivity index (χ1n) is 6.18. The lowest BCUT2D eigenvalue weighted by Crippen LogP contribution is -2.20. The predicted molar refractivity (Wildman–Crippen MR) is 75.8 cm³/mol. The average molecular weight is 295 g/mol. The van der Waals surface area contributed by atoms with E-state index in [1.165, 1.54) is 0 Å². The summed E-state index contributed by atoms with van der Waals surface area (Å²) in [6.45, 7) is 0.754. The summed E-state index contributed by atoms with van der Waals surface area (Å²) < 4.78 is 6.73. The first-order chi connectivity index (χ1) is 9.79. The number of methoxy groups -OCH3 is 1. The molecule has 0 saturated heterocycles. The molecule has 0 spiro atoms. The first kappa shape index (κ1) is 14.6. The van der Waals surface area contributed by atoms with Gasteiger partial charge < -0.3 is 9.57 Å². The summed E-state index contributed by atoms with van der Waals surface area (Å²) in [7, 11) is 3.46. The van der Waals surface area contributed by atoms with Crippen molar-refractivity contribution in [2.75, 3.05) is 19.4 Å². The minimum absolute atomic E-state index is 0.754. The lowest BCUT2D eigenvalue weighted by Gasteiger charge is -2.07. The van der Waals surface area contributed by atoms with E-state index in [9.17, 15) is 0 Å². The summed E-state index contributed by atoms with van der Waals surface area (Å²) >= 11 is 1.62. The fourth-order valence-corrected chi connectivity index (χ4v) is 2.22. The second kappa shape index (κ2) is 7.71. The molecule has 0 atom stereocenters. The number of hydrogen-bond donors (Lipinski definition) is 1. The number of nitrogens with zero attached hydrogens (tertiary/aromatic N) is 4. The number of hydrogen-bond acceptors (Lipinski definition) is 7. The van der Waals surface area contributed by atoms with Gasteiger partial charge in [0.05, 0.1) is 7.11 Å². The van der Waals surface area contributed by atoms with Gasteiger partial charge >= 0.3 is 0 Å². The smallest absolute Gasteiger partial charge is 0.209 e. The van der Waals surface area contributed by atoms with Gasteiger partial charge in [0.25, 0.3) is 0 Å². The Morgan fingerprint density at radius 2 is 2.00 bits per heavy atom. The number of thioether (sulfide) groups is 1. The molecule has 108 valence electrons. The molecule has 1 aromatic heterocycles. The van der Waals surface area contributed by atoms with E-state index in [4.69, 9.17) is 9.57 Å². The third kappa shape index (κ3) is 4.39. The van der Waals surface area contributed by atoms with E-state index in [0.29, 0.717) is 0 Å². The van der Waals surface area contributed by atoms with Crippen LogP contribution < -0.4 is 15.1 Å². The van der Waals surface area contributed by atoms with E-state index < -0.39 is 0 Å². The highest BCUT2D eigenvalue weighted by Crippen LogP contribution is 2.16. The molecule has 2 rings (SSSR count). The van der Waals surface area contributed by atoms with Crippen molar-refractivity contribution in [3.63, 3.8) is 0 Å². The van der Waals surface area contributed by atoms with Crippen LogP contribution in [0.5, 0.6) is 11.5 Å².